The van der Waals surface area contributed by atoms with Crippen molar-refractivity contribution in [3.05, 3.63) is 65.4 Å². The third-order valence-corrected chi connectivity index (χ3v) is 7.15. The Bertz CT molecular complexity index is 1520. The summed E-state index contributed by atoms with van der Waals surface area (Å²) in [6.07, 6.45) is 5.55. The first-order valence-electron chi connectivity index (χ1n) is 12.1. The van der Waals surface area contributed by atoms with Gasteiger partial charge < -0.3 is 20.5 Å². The van der Waals surface area contributed by atoms with Gasteiger partial charge in [-0.25, -0.2) is 13.2 Å². The number of terminal acetylenes is 1. The summed E-state index contributed by atoms with van der Waals surface area (Å²) < 4.78 is 42.6. The summed E-state index contributed by atoms with van der Waals surface area (Å²) in [7, 11) is 0. The number of carbonyl (C=O) groups excluding carboxylic acids is 3. The summed E-state index contributed by atoms with van der Waals surface area (Å²) in [5.74, 6) is -0.852. The number of hydrogen-bond acceptors (Lipinski definition) is 3. The van der Waals surface area contributed by atoms with E-state index in [1.54, 1.807) is 24.3 Å². The fourth-order valence-corrected chi connectivity index (χ4v) is 5.42. The zero-order valence-corrected chi connectivity index (χ0v) is 20.7. The van der Waals surface area contributed by atoms with Crippen LogP contribution in [0.1, 0.15) is 42.7 Å². The van der Waals surface area contributed by atoms with Gasteiger partial charge in [0.05, 0.1) is 17.0 Å². The fraction of sp³-hybridized carbons (Fsp3) is 0.321. The Morgan fingerprint density at radius 2 is 2.00 bits per heavy atom. The van der Waals surface area contributed by atoms with Crippen molar-refractivity contribution in [3.63, 3.8) is 0 Å². The number of likely N-dealkylation sites (tertiary alicyclic amines) is 1. The highest BCUT2D eigenvalue weighted by atomic mass is 19.1. The summed E-state index contributed by atoms with van der Waals surface area (Å²) in [5, 5.41) is 5.36. The molecule has 3 aromatic rings. The normalized spacial score (nSPS) is 21.3. The maximum Gasteiger partial charge on any atom is 0.268 e. The summed E-state index contributed by atoms with van der Waals surface area (Å²) in [6.45, 7) is 2.50. The third kappa shape index (κ3) is 4.28. The van der Waals surface area contributed by atoms with Crippen LogP contribution in [-0.4, -0.2) is 51.9 Å². The van der Waals surface area contributed by atoms with Gasteiger partial charge in [-0.05, 0) is 44.0 Å². The molecule has 1 unspecified atom stereocenters. The minimum Gasteiger partial charge on any atom is -0.350 e. The molecule has 10 heteroatoms. The van der Waals surface area contributed by atoms with Gasteiger partial charge in [0.15, 0.2) is 0 Å². The van der Waals surface area contributed by atoms with Gasteiger partial charge in [0.25, 0.3) is 5.91 Å². The van der Waals surface area contributed by atoms with Crippen LogP contribution in [0.2, 0.25) is 0 Å². The lowest BCUT2D eigenvalue weighted by Gasteiger charge is -2.30. The van der Waals surface area contributed by atoms with Gasteiger partial charge in [0.2, 0.25) is 11.8 Å². The summed E-state index contributed by atoms with van der Waals surface area (Å²) in [6, 6.07) is 7.94. The summed E-state index contributed by atoms with van der Waals surface area (Å²) in [5.41, 5.74) is -1.64. The van der Waals surface area contributed by atoms with Gasteiger partial charge in [0.1, 0.15) is 29.0 Å². The number of nitrogens with zero attached hydrogens (tertiary/aromatic N) is 1. The van der Waals surface area contributed by atoms with Crippen molar-refractivity contribution in [1.29, 1.82) is 0 Å². The molecule has 0 bridgehead atoms. The summed E-state index contributed by atoms with van der Waals surface area (Å²) >= 11 is 0. The molecule has 5 rings (SSSR count). The molecule has 0 radical (unpaired) electrons. The van der Waals surface area contributed by atoms with Crippen LogP contribution >= 0.6 is 0 Å². The maximum atomic E-state index is 14.8. The number of aromatic nitrogens is 1. The Kier molecular flexibility index (Phi) is 5.97. The molecule has 7 nitrogen and oxygen atoms in total. The molecule has 0 aliphatic carbocycles. The lowest BCUT2D eigenvalue weighted by Crippen LogP contribution is -2.52. The van der Waals surface area contributed by atoms with Gasteiger partial charge in [0, 0.05) is 30.1 Å². The summed E-state index contributed by atoms with van der Waals surface area (Å²) in [4.78, 5) is 43.9. The zero-order valence-electron chi connectivity index (χ0n) is 20.7. The highest BCUT2D eigenvalue weighted by Gasteiger charge is 2.56. The highest BCUT2D eigenvalue weighted by Crippen LogP contribution is 2.46. The van der Waals surface area contributed by atoms with Crippen molar-refractivity contribution < 1.29 is 27.6 Å². The second-order valence-corrected chi connectivity index (χ2v) is 10.4. The lowest BCUT2D eigenvalue weighted by molar-refractivity contribution is -0.134. The minimum atomic E-state index is -1.86. The Morgan fingerprint density at radius 1 is 1.26 bits per heavy atom. The predicted octanol–water partition coefficient (Wildman–Crippen LogP) is 3.81. The number of aromatic amines is 1. The Hall–Kier alpha value is -4.26. The number of halogens is 3. The monoisotopic (exact) mass is 522 g/mol. The molecule has 196 valence electrons. The smallest absolute Gasteiger partial charge is 0.268 e. The van der Waals surface area contributed by atoms with E-state index in [2.05, 4.69) is 21.5 Å². The van der Waals surface area contributed by atoms with Crippen LogP contribution in [0.3, 0.4) is 0 Å². The average molecular weight is 523 g/mol. The van der Waals surface area contributed by atoms with Gasteiger partial charge in [-0.1, -0.05) is 24.1 Å². The zero-order chi connectivity index (χ0) is 27.4. The molecule has 1 saturated heterocycles. The van der Waals surface area contributed by atoms with Crippen molar-refractivity contribution in [1.82, 2.24) is 15.2 Å². The number of fused-ring (bicyclic) bond motifs is 3. The van der Waals surface area contributed by atoms with Gasteiger partial charge in [-0.2, -0.15) is 0 Å². The predicted molar refractivity (Wildman–Crippen MR) is 135 cm³/mol. The number of H-pyrrole nitrogens is 1. The Labute approximate surface area is 216 Å². The van der Waals surface area contributed by atoms with E-state index < -0.39 is 46.6 Å². The van der Waals surface area contributed by atoms with Crippen molar-refractivity contribution in [3.8, 4) is 12.3 Å². The van der Waals surface area contributed by atoms with Crippen LogP contribution in [0.15, 0.2) is 42.5 Å². The van der Waals surface area contributed by atoms with Crippen LogP contribution in [0, 0.1) is 24.0 Å². The molecule has 1 spiro atoms. The number of para-hydroxylation sites is 1. The van der Waals surface area contributed by atoms with Crippen LogP contribution in [-0.2, 0) is 15.0 Å². The standard InChI is InChI=1S/C28H25F3N4O3/c1-4-16-12-28(18-7-5-6-8-20(18)34-26(28)38)14-35(16)25(37)23(13-27(2,3)31)33-24(36)22-11-17-19(30)9-15(29)10-21(17)32-22/h1,5-11,16,23,32H,12-14H2,2-3H3,(H,33,36)(H,34,38)/t16-,23?,28+/m1/s1. The van der Waals surface area contributed by atoms with E-state index in [1.165, 1.54) is 24.8 Å². The largest absolute Gasteiger partial charge is 0.350 e. The number of nitrogens with one attached hydrogen (secondary N) is 3. The molecule has 0 saturated carbocycles. The van der Waals surface area contributed by atoms with Crippen LogP contribution < -0.4 is 10.6 Å². The molecule has 2 aliphatic rings. The molecule has 3 N–H and O–H groups in total. The van der Waals surface area contributed by atoms with Crippen molar-refractivity contribution in [2.75, 3.05) is 11.9 Å². The maximum absolute atomic E-state index is 14.8. The number of alkyl halides is 1. The molecule has 2 aliphatic heterocycles. The average Bonchev–Trinajstić information content (AvgIpc) is 3.52. The Balaban J connectivity index is 1.45. The molecule has 3 amide bonds. The van der Waals surface area contributed by atoms with Gasteiger partial charge >= 0.3 is 0 Å². The second-order valence-electron chi connectivity index (χ2n) is 10.4. The number of anilines is 1. The number of amides is 3. The first kappa shape index (κ1) is 25.4. The van der Waals surface area contributed by atoms with Crippen molar-refractivity contribution in [2.45, 2.75) is 49.9 Å². The van der Waals surface area contributed by atoms with E-state index in [-0.39, 0.29) is 41.9 Å². The van der Waals surface area contributed by atoms with Crippen LogP contribution in [0.25, 0.3) is 10.9 Å². The minimum absolute atomic E-state index is 0.00922. The molecule has 38 heavy (non-hydrogen) atoms. The Morgan fingerprint density at radius 3 is 2.71 bits per heavy atom. The number of carbonyl (C=O) groups is 3. The number of hydrogen-bond donors (Lipinski definition) is 3. The van der Waals surface area contributed by atoms with Crippen molar-refractivity contribution >= 4 is 34.3 Å². The molecular formula is C28H25F3N4O3. The topological polar surface area (TPSA) is 94.3 Å². The highest BCUT2D eigenvalue weighted by molar-refractivity contribution is 6.07. The van der Waals surface area contributed by atoms with Crippen molar-refractivity contribution in [2.24, 2.45) is 0 Å². The second kappa shape index (κ2) is 8.94. The third-order valence-electron chi connectivity index (χ3n) is 7.15. The SMILES string of the molecule is C#C[C@@H]1C[C@@]2(CN1C(=O)C(CC(C)(C)F)NC(=O)c1cc3c(F)cc(F)cc3[nH]1)C(=O)Nc1ccccc12. The van der Waals surface area contributed by atoms with E-state index in [0.717, 1.165) is 11.6 Å². The first-order chi connectivity index (χ1) is 17.9. The molecule has 1 fully saturated rings. The molecule has 1 aromatic heterocycles. The van der Waals surface area contributed by atoms with E-state index in [4.69, 9.17) is 6.42 Å². The van der Waals surface area contributed by atoms with E-state index in [1.807, 2.05) is 0 Å². The van der Waals surface area contributed by atoms with E-state index in [0.29, 0.717) is 11.8 Å². The molecule has 3 atom stereocenters. The van der Waals surface area contributed by atoms with Gasteiger partial charge in [-0.3, -0.25) is 14.4 Å². The fourth-order valence-electron chi connectivity index (χ4n) is 5.42. The quantitative estimate of drug-likeness (QED) is 0.445. The molecular weight excluding hydrogens is 497 g/mol. The first-order valence-corrected chi connectivity index (χ1v) is 12.1. The molecule has 3 heterocycles. The van der Waals surface area contributed by atoms with Gasteiger partial charge in [-0.15, -0.1) is 6.42 Å². The van der Waals surface area contributed by atoms with Crippen LogP contribution in [0.4, 0.5) is 18.9 Å². The van der Waals surface area contributed by atoms with Crippen LogP contribution in [0.5, 0.6) is 0 Å². The van der Waals surface area contributed by atoms with E-state index >= 15 is 0 Å². The number of benzene rings is 2. The lowest BCUT2D eigenvalue weighted by atomic mass is 9.79. The van der Waals surface area contributed by atoms with E-state index in [9.17, 15) is 27.6 Å². The molecule has 2 aromatic carbocycles. The number of rotatable bonds is 5.